The molecule has 0 radical (unpaired) electrons. The Labute approximate surface area is 136 Å². The standard InChI is InChI=1S/C16H23ClN2OS/c1-3-7-16(8-9-18-12-16)15(20)19(10-4-2)11-13-5-6-14(17)21-13/h4-6,18H,2-3,7-12H2,1H3. The van der Waals surface area contributed by atoms with Crippen LogP contribution in [0.2, 0.25) is 4.34 Å². The zero-order valence-corrected chi connectivity index (χ0v) is 14.1. The molecular weight excluding hydrogens is 304 g/mol. The van der Waals surface area contributed by atoms with Gasteiger partial charge in [-0.05, 0) is 31.5 Å². The van der Waals surface area contributed by atoms with Gasteiger partial charge >= 0.3 is 0 Å². The first-order valence-corrected chi connectivity index (χ1v) is 8.66. The van der Waals surface area contributed by atoms with Gasteiger partial charge in [-0.1, -0.05) is 31.0 Å². The molecule has 1 amide bonds. The lowest BCUT2D eigenvalue weighted by molar-refractivity contribution is -0.141. The van der Waals surface area contributed by atoms with E-state index in [1.54, 1.807) is 6.08 Å². The van der Waals surface area contributed by atoms with Gasteiger partial charge in [-0.2, -0.15) is 0 Å². The van der Waals surface area contributed by atoms with E-state index in [4.69, 9.17) is 11.6 Å². The number of carbonyl (C=O) groups excluding carboxylic acids is 1. The van der Waals surface area contributed by atoms with Crippen LogP contribution in [0.5, 0.6) is 0 Å². The molecule has 0 saturated carbocycles. The summed E-state index contributed by atoms with van der Waals surface area (Å²) in [7, 11) is 0. The Kier molecular flexibility index (Phi) is 5.85. The van der Waals surface area contributed by atoms with E-state index in [0.29, 0.717) is 13.1 Å². The fraction of sp³-hybridized carbons (Fsp3) is 0.562. The minimum Gasteiger partial charge on any atom is -0.333 e. The Hall–Kier alpha value is -0.840. The van der Waals surface area contributed by atoms with Gasteiger partial charge in [-0.25, -0.2) is 0 Å². The number of hydrogen-bond acceptors (Lipinski definition) is 3. The Balaban J connectivity index is 2.15. The van der Waals surface area contributed by atoms with Crippen LogP contribution in [0.25, 0.3) is 0 Å². The maximum atomic E-state index is 13.1. The van der Waals surface area contributed by atoms with Gasteiger partial charge in [0, 0.05) is 18.0 Å². The second-order valence-corrected chi connectivity index (χ2v) is 7.44. The highest BCUT2D eigenvalue weighted by Gasteiger charge is 2.42. The van der Waals surface area contributed by atoms with Crippen molar-refractivity contribution in [3.8, 4) is 0 Å². The number of thiophene rings is 1. The summed E-state index contributed by atoms with van der Waals surface area (Å²) in [5.74, 6) is 0.249. The summed E-state index contributed by atoms with van der Waals surface area (Å²) in [5, 5.41) is 3.35. The molecule has 1 aliphatic rings. The third-order valence-corrected chi connectivity index (χ3v) is 5.25. The lowest BCUT2D eigenvalue weighted by atomic mass is 9.81. The van der Waals surface area contributed by atoms with Crippen molar-refractivity contribution in [1.82, 2.24) is 10.2 Å². The molecule has 1 aliphatic heterocycles. The molecule has 0 spiro atoms. The second-order valence-electron chi connectivity index (χ2n) is 5.64. The number of halogens is 1. The molecule has 2 heterocycles. The third-order valence-electron chi connectivity index (χ3n) is 4.04. The quantitative estimate of drug-likeness (QED) is 0.775. The molecule has 0 aliphatic carbocycles. The maximum Gasteiger partial charge on any atom is 0.230 e. The number of hydrogen-bond donors (Lipinski definition) is 1. The van der Waals surface area contributed by atoms with Gasteiger partial charge in [0.25, 0.3) is 0 Å². The van der Waals surface area contributed by atoms with Crippen LogP contribution in [0.15, 0.2) is 24.8 Å². The van der Waals surface area contributed by atoms with Crippen LogP contribution in [0, 0.1) is 5.41 Å². The lowest BCUT2D eigenvalue weighted by Gasteiger charge is -2.33. The van der Waals surface area contributed by atoms with Crippen molar-refractivity contribution in [3.05, 3.63) is 34.0 Å². The molecule has 1 aromatic rings. The molecule has 21 heavy (non-hydrogen) atoms. The van der Waals surface area contributed by atoms with Crippen LogP contribution in [0.3, 0.4) is 0 Å². The van der Waals surface area contributed by atoms with Gasteiger partial charge in [0.05, 0.1) is 16.3 Å². The monoisotopic (exact) mass is 326 g/mol. The molecule has 1 atom stereocenters. The first-order chi connectivity index (χ1) is 10.1. The van der Waals surface area contributed by atoms with Crippen molar-refractivity contribution in [1.29, 1.82) is 0 Å². The predicted molar refractivity (Wildman–Crippen MR) is 89.8 cm³/mol. The molecular formula is C16H23ClN2OS. The topological polar surface area (TPSA) is 32.3 Å². The van der Waals surface area contributed by atoms with Gasteiger partial charge in [-0.15, -0.1) is 17.9 Å². The van der Waals surface area contributed by atoms with Gasteiger partial charge < -0.3 is 10.2 Å². The van der Waals surface area contributed by atoms with E-state index in [1.165, 1.54) is 11.3 Å². The van der Waals surface area contributed by atoms with E-state index in [9.17, 15) is 4.79 Å². The average Bonchev–Trinajstić information content (AvgIpc) is 3.08. The van der Waals surface area contributed by atoms with Gasteiger partial charge in [-0.3, -0.25) is 4.79 Å². The van der Waals surface area contributed by atoms with Crippen LogP contribution in [0.4, 0.5) is 0 Å². The van der Waals surface area contributed by atoms with Crippen LogP contribution in [-0.2, 0) is 11.3 Å². The third kappa shape index (κ3) is 3.87. The number of nitrogens with one attached hydrogen (secondary N) is 1. The highest BCUT2D eigenvalue weighted by Crippen LogP contribution is 2.34. The highest BCUT2D eigenvalue weighted by atomic mass is 35.5. The Morgan fingerprint density at radius 2 is 2.43 bits per heavy atom. The van der Waals surface area contributed by atoms with Gasteiger partial charge in [0.1, 0.15) is 0 Å². The summed E-state index contributed by atoms with van der Waals surface area (Å²) >= 11 is 7.53. The van der Waals surface area contributed by atoms with Crippen LogP contribution >= 0.6 is 22.9 Å². The van der Waals surface area contributed by atoms with E-state index in [-0.39, 0.29) is 11.3 Å². The first-order valence-electron chi connectivity index (χ1n) is 7.46. The number of carbonyl (C=O) groups is 1. The number of amides is 1. The largest absolute Gasteiger partial charge is 0.333 e. The summed E-state index contributed by atoms with van der Waals surface area (Å²) < 4.78 is 0.766. The summed E-state index contributed by atoms with van der Waals surface area (Å²) in [6.07, 6.45) is 4.70. The Morgan fingerprint density at radius 3 is 2.95 bits per heavy atom. The average molecular weight is 327 g/mol. The second kappa shape index (κ2) is 7.43. The molecule has 1 N–H and O–H groups in total. The van der Waals surface area contributed by atoms with Gasteiger partial charge in [0.2, 0.25) is 5.91 Å². The van der Waals surface area contributed by atoms with E-state index in [0.717, 1.165) is 41.6 Å². The van der Waals surface area contributed by atoms with Crippen molar-refractivity contribution in [2.45, 2.75) is 32.7 Å². The molecule has 5 heteroatoms. The van der Waals surface area contributed by atoms with E-state index in [1.807, 2.05) is 17.0 Å². The van der Waals surface area contributed by atoms with Gasteiger partial charge in [0.15, 0.2) is 0 Å². The van der Waals surface area contributed by atoms with Crippen molar-refractivity contribution in [2.75, 3.05) is 19.6 Å². The zero-order valence-electron chi connectivity index (χ0n) is 12.5. The normalized spacial score (nSPS) is 21.4. The molecule has 1 unspecified atom stereocenters. The molecule has 1 saturated heterocycles. The zero-order chi connectivity index (χ0) is 15.3. The summed E-state index contributed by atoms with van der Waals surface area (Å²) in [6.45, 7) is 8.86. The SMILES string of the molecule is C=CCN(Cc1ccc(Cl)s1)C(=O)C1(CCC)CCNC1. The van der Waals surface area contributed by atoms with Crippen molar-refractivity contribution < 1.29 is 4.79 Å². The molecule has 2 rings (SSSR count). The van der Waals surface area contributed by atoms with Crippen LogP contribution in [0.1, 0.15) is 31.1 Å². The molecule has 1 fully saturated rings. The number of nitrogens with zero attached hydrogens (tertiary/aromatic N) is 1. The minimum absolute atomic E-state index is 0.237. The molecule has 1 aromatic heterocycles. The molecule has 0 bridgehead atoms. The minimum atomic E-state index is -0.237. The molecule has 0 aromatic carbocycles. The lowest BCUT2D eigenvalue weighted by Crippen LogP contribution is -2.45. The van der Waals surface area contributed by atoms with Crippen LogP contribution in [-0.4, -0.2) is 30.4 Å². The predicted octanol–water partition coefficient (Wildman–Crippen LogP) is 3.70. The highest BCUT2D eigenvalue weighted by molar-refractivity contribution is 7.16. The fourth-order valence-corrected chi connectivity index (χ4v) is 4.16. The summed E-state index contributed by atoms with van der Waals surface area (Å²) in [6, 6.07) is 3.88. The van der Waals surface area contributed by atoms with Crippen molar-refractivity contribution in [2.24, 2.45) is 5.41 Å². The fourth-order valence-electron chi connectivity index (χ4n) is 3.06. The van der Waals surface area contributed by atoms with Crippen LogP contribution < -0.4 is 5.32 Å². The van der Waals surface area contributed by atoms with Crippen molar-refractivity contribution in [3.63, 3.8) is 0 Å². The number of rotatable bonds is 7. The smallest absolute Gasteiger partial charge is 0.230 e. The Bertz CT molecular complexity index is 494. The summed E-state index contributed by atoms with van der Waals surface area (Å²) in [4.78, 5) is 16.1. The van der Waals surface area contributed by atoms with E-state index < -0.39 is 0 Å². The Morgan fingerprint density at radius 1 is 1.62 bits per heavy atom. The van der Waals surface area contributed by atoms with Crippen molar-refractivity contribution >= 4 is 28.8 Å². The van der Waals surface area contributed by atoms with E-state index in [2.05, 4.69) is 18.8 Å². The summed E-state index contributed by atoms with van der Waals surface area (Å²) in [5.41, 5.74) is -0.237. The first kappa shape index (κ1) is 16.5. The molecule has 116 valence electrons. The van der Waals surface area contributed by atoms with E-state index >= 15 is 0 Å². The maximum absolute atomic E-state index is 13.1. The molecule has 3 nitrogen and oxygen atoms in total.